The molecule has 0 aliphatic carbocycles. The largest absolute Gasteiger partial charge is 0.493 e. The van der Waals surface area contributed by atoms with Gasteiger partial charge in [0.25, 0.3) is 5.91 Å². The molecule has 2 rings (SSSR count). The summed E-state index contributed by atoms with van der Waals surface area (Å²) in [5.74, 6) is 1.05. The van der Waals surface area contributed by atoms with Gasteiger partial charge in [-0.2, -0.15) is 0 Å². The quantitative estimate of drug-likeness (QED) is 0.819. The fraction of sp³-hybridized carbons (Fsp3) is 0.222. The van der Waals surface area contributed by atoms with E-state index in [9.17, 15) is 4.79 Å². The predicted octanol–water partition coefficient (Wildman–Crippen LogP) is 3.85. The number of rotatable bonds is 5. The molecule has 2 aromatic carbocycles. The van der Waals surface area contributed by atoms with Crippen LogP contribution in [-0.2, 0) is 0 Å². The Morgan fingerprint density at radius 2 is 1.74 bits per heavy atom. The van der Waals surface area contributed by atoms with Crippen molar-refractivity contribution in [1.82, 2.24) is 5.32 Å². The smallest absolute Gasteiger partial charge is 0.257 e. The molecule has 2 aromatic rings. The van der Waals surface area contributed by atoms with Crippen LogP contribution in [0.5, 0.6) is 5.75 Å². The molecule has 0 unspecified atom stereocenters. The van der Waals surface area contributed by atoms with Crippen LogP contribution in [0.2, 0.25) is 0 Å². The molecule has 0 aromatic heterocycles. The minimum Gasteiger partial charge on any atom is -0.493 e. The first kappa shape index (κ1) is 17.0. The number of hydrogen-bond donors (Lipinski definition) is 2. The van der Waals surface area contributed by atoms with Crippen LogP contribution in [0.15, 0.2) is 54.6 Å². The third-order valence-corrected chi connectivity index (χ3v) is 3.16. The van der Waals surface area contributed by atoms with E-state index < -0.39 is 0 Å². The molecule has 23 heavy (non-hydrogen) atoms. The van der Waals surface area contributed by atoms with E-state index in [1.165, 1.54) is 0 Å². The Balaban J connectivity index is 1.86. The second-order valence-corrected chi connectivity index (χ2v) is 5.91. The Kier molecular flexibility index (Phi) is 6.11. The normalized spacial score (nSPS) is 10.2. The van der Waals surface area contributed by atoms with Crippen molar-refractivity contribution in [3.63, 3.8) is 0 Å². The monoisotopic (exact) mass is 328 g/mol. The average molecular weight is 328 g/mol. The van der Waals surface area contributed by atoms with Gasteiger partial charge in [0.15, 0.2) is 5.11 Å². The predicted molar refractivity (Wildman–Crippen MR) is 96.9 cm³/mol. The van der Waals surface area contributed by atoms with Gasteiger partial charge in [-0.25, -0.2) is 0 Å². The summed E-state index contributed by atoms with van der Waals surface area (Å²) in [5.41, 5.74) is 1.36. The topological polar surface area (TPSA) is 50.4 Å². The van der Waals surface area contributed by atoms with E-state index in [0.717, 1.165) is 11.4 Å². The van der Waals surface area contributed by atoms with Crippen molar-refractivity contribution in [3.05, 3.63) is 60.2 Å². The van der Waals surface area contributed by atoms with Crippen LogP contribution in [0.3, 0.4) is 0 Å². The van der Waals surface area contributed by atoms with Crippen LogP contribution >= 0.6 is 12.2 Å². The first-order valence-corrected chi connectivity index (χ1v) is 7.85. The van der Waals surface area contributed by atoms with E-state index in [-0.39, 0.29) is 11.0 Å². The van der Waals surface area contributed by atoms with Crippen molar-refractivity contribution in [3.8, 4) is 5.75 Å². The summed E-state index contributed by atoms with van der Waals surface area (Å²) in [6, 6.07) is 16.4. The lowest BCUT2D eigenvalue weighted by Gasteiger charge is -2.11. The molecule has 0 saturated carbocycles. The number of amides is 1. The van der Waals surface area contributed by atoms with Crippen molar-refractivity contribution in [1.29, 1.82) is 0 Å². The molecule has 0 fully saturated rings. The summed E-state index contributed by atoms with van der Waals surface area (Å²) in [6.45, 7) is 4.88. The molecule has 0 heterocycles. The molecule has 0 aliphatic rings. The molecular formula is C18H20N2O2S. The van der Waals surface area contributed by atoms with Crippen LogP contribution in [0.25, 0.3) is 0 Å². The van der Waals surface area contributed by atoms with Gasteiger partial charge < -0.3 is 10.1 Å². The average Bonchev–Trinajstić information content (AvgIpc) is 2.55. The summed E-state index contributed by atoms with van der Waals surface area (Å²) in [5, 5.41) is 5.89. The van der Waals surface area contributed by atoms with Crippen LogP contribution in [0.1, 0.15) is 24.2 Å². The van der Waals surface area contributed by atoms with Gasteiger partial charge in [0.1, 0.15) is 5.75 Å². The Morgan fingerprint density at radius 3 is 2.35 bits per heavy atom. The summed E-state index contributed by atoms with van der Waals surface area (Å²) in [7, 11) is 0. The van der Waals surface area contributed by atoms with Crippen LogP contribution in [-0.4, -0.2) is 17.6 Å². The van der Waals surface area contributed by atoms with Gasteiger partial charge in [-0.15, -0.1) is 0 Å². The third kappa shape index (κ3) is 5.71. The van der Waals surface area contributed by atoms with E-state index in [1.807, 2.05) is 30.3 Å². The number of anilines is 1. The van der Waals surface area contributed by atoms with Crippen LogP contribution < -0.4 is 15.4 Å². The number of hydrogen-bond acceptors (Lipinski definition) is 3. The fourth-order valence-corrected chi connectivity index (χ4v) is 2.04. The molecule has 4 nitrogen and oxygen atoms in total. The van der Waals surface area contributed by atoms with E-state index in [4.69, 9.17) is 17.0 Å². The van der Waals surface area contributed by atoms with E-state index in [1.54, 1.807) is 24.3 Å². The minimum atomic E-state index is -0.236. The lowest BCUT2D eigenvalue weighted by Crippen LogP contribution is -2.34. The van der Waals surface area contributed by atoms with Gasteiger partial charge in [-0.3, -0.25) is 10.1 Å². The standard InChI is InChI=1S/C18H20N2O2S/c1-13(2)12-22-16-10-8-15(9-11-16)19-18(23)20-17(21)14-6-4-3-5-7-14/h3-11,13H,12H2,1-2H3,(H2,19,20,21,23). The van der Waals surface area contributed by atoms with Crippen molar-refractivity contribution < 1.29 is 9.53 Å². The number of thiocarbonyl (C=S) groups is 1. The molecule has 5 heteroatoms. The van der Waals surface area contributed by atoms with Gasteiger partial charge in [0, 0.05) is 11.3 Å². The van der Waals surface area contributed by atoms with Crippen molar-refractivity contribution in [2.75, 3.05) is 11.9 Å². The highest BCUT2D eigenvalue weighted by Crippen LogP contribution is 2.16. The maximum atomic E-state index is 12.0. The molecule has 0 atom stereocenters. The zero-order valence-electron chi connectivity index (χ0n) is 13.2. The highest BCUT2D eigenvalue weighted by Gasteiger charge is 2.07. The Bertz CT molecular complexity index is 654. The Labute approximate surface area is 141 Å². The van der Waals surface area contributed by atoms with E-state index in [0.29, 0.717) is 18.1 Å². The van der Waals surface area contributed by atoms with Crippen molar-refractivity contribution in [2.45, 2.75) is 13.8 Å². The number of benzene rings is 2. The summed E-state index contributed by atoms with van der Waals surface area (Å²) >= 11 is 5.16. The van der Waals surface area contributed by atoms with Gasteiger partial charge in [-0.1, -0.05) is 32.0 Å². The third-order valence-electron chi connectivity index (χ3n) is 2.96. The maximum absolute atomic E-state index is 12.0. The highest BCUT2D eigenvalue weighted by atomic mass is 32.1. The van der Waals surface area contributed by atoms with Crippen LogP contribution in [0.4, 0.5) is 5.69 Å². The van der Waals surface area contributed by atoms with Gasteiger partial charge in [0.05, 0.1) is 6.61 Å². The first-order chi connectivity index (χ1) is 11.0. The fourth-order valence-electron chi connectivity index (χ4n) is 1.82. The molecule has 120 valence electrons. The van der Waals surface area contributed by atoms with Crippen molar-refractivity contribution in [2.24, 2.45) is 5.92 Å². The minimum absolute atomic E-state index is 0.236. The second-order valence-electron chi connectivity index (χ2n) is 5.50. The SMILES string of the molecule is CC(C)COc1ccc(NC(=S)NC(=O)c2ccccc2)cc1. The summed E-state index contributed by atoms with van der Waals surface area (Å²) in [4.78, 5) is 12.0. The Hall–Kier alpha value is -2.40. The van der Waals surface area contributed by atoms with E-state index >= 15 is 0 Å². The number of nitrogens with one attached hydrogen (secondary N) is 2. The molecular weight excluding hydrogens is 308 g/mol. The molecule has 0 spiro atoms. The van der Waals surface area contributed by atoms with Gasteiger partial charge in [0.2, 0.25) is 0 Å². The summed E-state index contributed by atoms with van der Waals surface area (Å²) in [6.07, 6.45) is 0. The lowest BCUT2D eigenvalue weighted by molar-refractivity contribution is 0.0977. The van der Waals surface area contributed by atoms with Gasteiger partial charge in [-0.05, 0) is 54.5 Å². The number of carbonyl (C=O) groups excluding carboxylic acids is 1. The lowest BCUT2D eigenvalue weighted by atomic mass is 10.2. The second kappa shape index (κ2) is 8.29. The highest BCUT2D eigenvalue weighted by molar-refractivity contribution is 7.80. The Morgan fingerprint density at radius 1 is 1.09 bits per heavy atom. The number of carbonyl (C=O) groups is 1. The molecule has 2 N–H and O–H groups in total. The molecule has 0 saturated heterocycles. The number of ether oxygens (including phenoxy) is 1. The molecule has 0 aliphatic heterocycles. The van der Waals surface area contributed by atoms with Crippen LogP contribution in [0, 0.1) is 5.92 Å². The van der Waals surface area contributed by atoms with E-state index in [2.05, 4.69) is 24.5 Å². The molecule has 0 bridgehead atoms. The molecule has 1 amide bonds. The zero-order chi connectivity index (χ0) is 16.7. The first-order valence-electron chi connectivity index (χ1n) is 7.45. The van der Waals surface area contributed by atoms with Gasteiger partial charge >= 0.3 is 0 Å². The van der Waals surface area contributed by atoms with Crippen molar-refractivity contribution >= 4 is 28.9 Å². The zero-order valence-corrected chi connectivity index (χ0v) is 14.0. The summed E-state index contributed by atoms with van der Waals surface area (Å²) < 4.78 is 5.62. The maximum Gasteiger partial charge on any atom is 0.257 e. The molecule has 0 radical (unpaired) electrons.